The first kappa shape index (κ1) is 36.9. The molecule has 1 aromatic rings. The molecule has 0 aliphatic carbocycles. The lowest BCUT2D eigenvalue weighted by molar-refractivity contribution is -0.133. The lowest BCUT2D eigenvalue weighted by Crippen LogP contribution is -2.55. The zero-order valence-corrected chi connectivity index (χ0v) is 25.6. The third-order valence-electron chi connectivity index (χ3n) is 6.94. The number of carbonyl (C=O) groups excluding carboxylic acids is 5. The van der Waals surface area contributed by atoms with Crippen LogP contribution in [0.1, 0.15) is 56.1 Å². The Kier molecular flexibility index (Phi) is 16.9. The van der Waals surface area contributed by atoms with Gasteiger partial charge in [-0.3, -0.25) is 24.0 Å². The molecule has 16 heteroatoms. The molecular weight excluding hydrogens is 584 g/mol. The first-order valence-electron chi connectivity index (χ1n) is 15.2. The highest BCUT2D eigenvalue weighted by Crippen LogP contribution is 2.09. The predicted octanol–water partition coefficient (Wildman–Crippen LogP) is -2.67. The molecule has 3 atom stereocenters. The molecular formula is C29H48N10O6. The minimum atomic E-state index is -0.946. The molecule has 1 heterocycles. The maximum atomic E-state index is 13.3. The van der Waals surface area contributed by atoms with Crippen molar-refractivity contribution in [3.05, 3.63) is 35.4 Å². The summed E-state index contributed by atoms with van der Waals surface area (Å²) in [5.41, 5.74) is 23.7. The van der Waals surface area contributed by atoms with Crippen LogP contribution >= 0.6 is 0 Å². The lowest BCUT2D eigenvalue weighted by atomic mass is 10.1. The quantitative estimate of drug-likeness (QED) is 0.0773. The minimum absolute atomic E-state index is 0.0109. The van der Waals surface area contributed by atoms with Crippen molar-refractivity contribution in [1.82, 2.24) is 26.6 Å². The second kappa shape index (κ2) is 20.6. The van der Waals surface area contributed by atoms with Gasteiger partial charge in [-0.1, -0.05) is 24.3 Å². The Morgan fingerprint density at radius 2 is 1.44 bits per heavy atom. The van der Waals surface area contributed by atoms with Gasteiger partial charge in [0.15, 0.2) is 5.96 Å². The van der Waals surface area contributed by atoms with Crippen molar-refractivity contribution in [3.63, 3.8) is 0 Å². The number of carbonyl (C=O) groups is 5. The fourth-order valence-electron chi connectivity index (χ4n) is 4.57. The van der Waals surface area contributed by atoms with Crippen molar-refractivity contribution < 1.29 is 28.7 Å². The summed E-state index contributed by atoms with van der Waals surface area (Å²) in [5, 5.41) is 13.4. The van der Waals surface area contributed by atoms with Gasteiger partial charge in [0.25, 0.3) is 0 Å². The van der Waals surface area contributed by atoms with Crippen molar-refractivity contribution in [3.8, 4) is 0 Å². The van der Waals surface area contributed by atoms with Crippen LogP contribution in [-0.2, 0) is 41.7 Å². The summed E-state index contributed by atoms with van der Waals surface area (Å²) >= 11 is 0. The van der Waals surface area contributed by atoms with Crippen LogP contribution in [0.3, 0.4) is 0 Å². The third-order valence-corrected chi connectivity index (χ3v) is 6.94. The van der Waals surface area contributed by atoms with Crippen LogP contribution in [0.25, 0.3) is 0 Å². The average Bonchev–Trinajstić information content (AvgIpc) is 3.00. The number of rotatable bonds is 9. The molecule has 0 unspecified atom stereocenters. The van der Waals surface area contributed by atoms with Crippen LogP contribution < -0.4 is 49.5 Å². The van der Waals surface area contributed by atoms with Crippen LogP contribution in [0, 0.1) is 0 Å². The number of fused-ring (bicyclic) bond motifs is 2. The van der Waals surface area contributed by atoms with Gasteiger partial charge < -0.3 is 54.3 Å². The summed E-state index contributed by atoms with van der Waals surface area (Å²) in [7, 11) is 0. The van der Waals surface area contributed by atoms with Gasteiger partial charge in [0, 0.05) is 13.0 Å². The average molecular weight is 633 g/mol. The highest BCUT2D eigenvalue weighted by atomic mass is 16.5. The maximum absolute atomic E-state index is 13.3. The van der Waals surface area contributed by atoms with Crippen molar-refractivity contribution in [2.24, 2.45) is 27.9 Å². The van der Waals surface area contributed by atoms with Crippen molar-refractivity contribution in [2.75, 3.05) is 33.0 Å². The summed E-state index contributed by atoms with van der Waals surface area (Å²) < 4.78 is 5.53. The number of hydrogen-bond acceptors (Lipinski definition) is 9. The van der Waals surface area contributed by atoms with E-state index in [0.29, 0.717) is 57.2 Å². The molecule has 2 bridgehead atoms. The van der Waals surface area contributed by atoms with E-state index in [0.717, 1.165) is 5.56 Å². The minimum Gasteiger partial charge on any atom is -0.370 e. The molecule has 0 saturated heterocycles. The largest absolute Gasteiger partial charge is 0.370 e. The molecule has 1 aliphatic rings. The van der Waals surface area contributed by atoms with Crippen molar-refractivity contribution in [1.29, 1.82) is 0 Å². The van der Waals surface area contributed by atoms with Gasteiger partial charge in [0.1, 0.15) is 24.9 Å². The number of nitrogens with one attached hydrogen (secondary N) is 5. The SMILES string of the molecule is NCCCC[C@@H]1NC(=O)CNC(=O)Cc2cccc(c2)CNC(=O)[C@H](N=C(N)N)CCOCNC(=O)[C@H](CCCCN)NC1=O. The molecule has 250 valence electrons. The van der Waals surface area contributed by atoms with Crippen LogP contribution in [-0.4, -0.2) is 86.6 Å². The summed E-state index contributed by atoms with van der Waals surface area (Å²) in [4.78, 5) is 68.5. The van der Waals surface area contributed by atoms with Crippen LogP contribution in [0.15, 0.2) is 29.3 Å². The number of aliphatic imine (C=N–C) groups is 1. The maximum Gasteiger partial charge on any atom is 0.245 e. The van der Waals surface area contributed by atoms with E-state index in [4.69, 9.17) is 27.7 Å². The molecule has 0 radical (unpaired) electrons. The van der Waals surface area contributed by atoms with Gasteiger partial charge in [-0.25, -0.2) is 4.99 Å². The van der Waals surface area contributed by atoms with E-state index in [1.165, 1.54) is 0 Å². The second-order valence-electron chi connectivity index (χ2n) is 10.7. The van der Waals surface area contributed by atoms with Gasteiger partial charge in [0.05, 0.1) is 19.6 Å². The molecule has 2 rings (SSSR count). The first-order chi connectivity index (χ1) is 21.6. The van der Waals surface area contributed by atoms with Gasteiger partial charge >= 0.3 is 0 Å². The van der Waals surface area contributed by atoms with Crippen molar-refractivity contribution >= 4 is 35.5 Å². The van der Waals surface area contributed by atoms with E-state index in [9.17, 15) is 24.0 Å². The first-order valence-corrected chi connectivity index (χ1v) is 15.2. The number of amides is 5. The zero-order valence-electron chi connectivity index (χ0n) is 25.6. The standard InChI is InChI=1S/C29H48N10O6/c30-11-3-1-8-21-27(43)36-18-45-13-10-23(39-29(32)33)26(42)35-16-20-7-5-6-19(14-20)15-24(40)34-17-25(41)37-22(28(44)38-21)9-2-4-12-31/h5-7,14,21-23H,1-4,8-13,15-18,30-31H2,(H,34,40)(H,35,42)(H,36,43)(H,37,41)(H,38,44)(H4,32,33,39)/t21-,22-,23+/m0/s1. The Morgan fingerprint density at radius 3 is 2.11 bits per heavy atom. The molecule has 0 spiro atoms. The Labute approximate surface area is 263 Å². The Morgan fingerprint density at radius 1 is 0.778 bits per heavy atom. The number of unbranched alkanes of at least 4 members (excludes halogenated alkanes) is 2. The number of nitrogens with zero attached hydrogens (tertiary/aromatic N) is 1. The van der Waals surface area contributed by atoms with E-state index >= 15 is 0 Å². The van der Waals surface area contributed by atoms with Gasteiger partial charge in [0.2, 0.25) is 29.5 Å². The summed E-state index contributed by atoms with van der Waals surface area (Å²) in [5.74, 6) is -2.69. The fraction of sp³-hybridized carbons (Fsp3) is 0.586. The summed E-state index contributed by atoms with van der Waals surface area (Å²) in [6, 6.07) is 4.25. The molecule has 1 aromatic carbocycles. The van der Waals surface area contributed by atoms with Crippen LogP contribution in [0.4, 0.5) is 0 Å². The zero-order chi connectivity index (χ0) is 33.0. The van der Waals surface area contributed by atoms with Gasteiger partial charge in [-0.2, -0.15) is 0 Å². The van der Waals surface area contributed by atoms with Crippen LogP contribution in [0.2, 0.25) is 0 Å². The number of nitrogens with two attached hydrogens (primary N) is 4. The number of hydrogen-bond donors (Lipinski definition) is 9. The van der Waals surface area contributed by atoms with Crippen LogP contribution in [0.5, 0.6) is 0 Å². The van der Waals surface area contributed by atoms with E-state index < -0.39 is 47.7 Å². The lowest BCUT2D eigenvalue weighted by Gasteiger charge is -2.23. The molecule has 0 aromatic heterocycles. The van der Waals surface area contributed by atoms with Gasteiger partial charge in [-0.05, 0) is 62.7 Å². The smallest absolute Gasteiger partial charge is 0.245 e. The Bertz CT molecular complexity index is 1160. The molecule has 0 fully saturated rings. The van der Waals surface area contributed by atoms with E-state index in [1.807, 2.05) is 0 Å². The van der Waals surface area contributed by atoms with E-state index in [1.54, 1.807) is 24.3 Å². The monoisotopic (exact) mass is 632 g/mol. The molecule has 0 saturated carbocycles. The second-order valence-corrected chi connectivity index (χ2v) is 10.7. The number of ether oxygens (including phenoxy) is 1. The normalized spacial score (nSPS) is 21.4. The number of guanidine groups is 1. The number of benzene rings is 1. The topological polar surface area (TPSA) is 271 Å². The van der Waals surface area contributed by atoms with E-state index in [-0.39, 0.29) is 45.2 Å². The molecule has 1 aliphatic heterocycles. The fourth-order valence-corrected chi connectivity index (χ4v) is 4.57. The summed E-state index contributed by atoms with van der Waals surface area (Å²) in [6.45, 7) is 0.493. The molecule has 16 nitrogen and oxygen atoms in total. The van der Waals surface area contributed by atoms with E-state index in [2.05, 4.69) is 31.6 Å². The highest BCUT2D eigenvalue weighted by Gasteiger charge is 2.27. The summed E-state index contributed by atoms with van der Waals surface area (Å²) in [6.07, 6.45) is 3.13. The molecule has 45 heavy (non-hydrogen) atoms. The predicted molar refractivity (Wildman–Crippen MR) is 168 cm³/mol. The third kappa shape index (κ3) is 14.8. The molecule has 13 N–H and O–H groups in total. The van der Waals surface area contributed by atoms with Crippen molar-refractivity contribution in [2.45, 2.75) is 76.0 Å². The molecule has 5 amide bonds. The Hall–Kier alpha value is -4.28. The van der Waals surface area contributed by atoms with Gasteiger partial charge in [-0.15, -0.1) is 0 Å². The Balaban J connectivity index is 2.25. The highest BCUT2D eigenvalue weighted by molar-refractivity contribution is 5.93.